The van der Waals surface area contributed by atoms with E-state index in [9.17, 15) is 23.3 Å². The van der Waals surface area contributed by atoms with Gasteiger partial charge in [0.25, 0.3) is 5.69 Å². The van der Waals surface area contributed by atoms with Crippen molar-refractivity contribution in [3.63, 3.8) is 0 Å². The molecule has 3 nitrogen and oxygen atoms in total. The van der Waals surface area contributed by atoms with Gasteiger partial charge >= 0.3 is 6.18 Å². The fraction of sp³-hybridized carbons (Fsp3) is 0.111. The van der Waals surface area contributed by atoms with Gasteiger partial charge in [0.15, 0.2) is 0 Å². The Morgan fingerprint density at radius 2 is 2.00 bits per heavy atom. The molecule has 0 saturated heterocycles. The summed E-state index contributed by atoms with van der Waals surface area (Å²) in [5.41, 5.74) is -1.81. The molecule has 0 saturated carbocycles. The summed E-state index contributed by atoms with van der Waals surface area (Å²) in [5.74, 6) is 0. The minimum Gasteiger partial charge on any atom is -0.258 e. The molecule has 1 rings (SSSR count). The Hall–Kier alpha value is -1.85. The van der Waals surface area contributed by atoms with E-state index in [1.807, 2.05) is 0 Å². The highest BCUT2D eigenvalue weighted by molar-refractivity contribution is 5.56. The van der Waals surface area contributed by atoms with Crippen LogP contribution in [-0.2, 0) is 6.18 Å². The fourth-order valence-corrected chi connectivity index (χ4v) is 1.08. The van der Waals surface area contributed by atoms with E-state index in [0.717, 1.165) is 18.2 Å². The molecule has 0 aliphatic carbocycles. The van der Waals surface area contributed by atoms with E-state index >= 15 is 0 Å². The number of hydrogen-bond donors (Lipinski definition) is 0. The van der Waals surface area contributed by atoms with Gasteiger partial charge in [-0.15, -0.1) is 0 Å². The average Bonchev–Trinajstić information content (AvgIpc) is 2.15. The lowest BCUT2D eigenvalue weighted by Gasteiger charge is -2.09. The Bertz CT molecular complexity index is 412. The first-order chi connectivity index (χ1) is 6.86. The van der Waals surface area contributed by atoms with Crippen LogP contribution in [0.4, 0.5) is 18.9 Å². The Balaban J connectivity index is 3.38. The van der Waals surface area contributed by atoms with Crippen molar-refractivity contribution in [2.24, 2.45) is 0 Å². The minimum atomic E-state index is -4.62. The molecule has 0 atom stereocenters. The van der Waals surface area contributed by atoms with Crippen LogP contribution in [0, 0.1) is 10.1 Å². The monoisotopic (exact) mass is 217 g/mol. The second kappa shape index (κ2) is 3.72. The van der Waals surface area contributed by atoms with Crippen LogP contribution in [-0.4, -0.2) is 4.92 Å². The van der Waals surface area contributed by atoms with E-state index in [0.29, 0.717) is 6.07 Å². The van der Waals surface area contributed by atoms with Crippen molar-refractivity contribution < 1.29 is 18.1 Å². The first-order valence-electron chi connectivity index (χ1n) is 3.84. The maximum atomic E-state index is 12.4. The van der Waals surface area contributed by atoms with E-state index in [1.54, 1.807) is 0 Å². The highest BCUT2D eigenvalue weighted by Crippen LogP contribution is 2.34. The van der Waals surface area contributed by atoms with Crippen molar-refractivity contribution in [3.05, 3.63) is 46.0 Å². The first-order valence-corrected chi connectivity index (χ1v) is 3.84. The summed E-state index contributed by atoms with van der Waals surface area (Å²) < 4.78 is 37.2. The van der Waals surface area contributed by atoms with Crippen molar-refractivity contribution in [2.45, 2.75) is 6.18 Å². The summed E-state index contributed by atoms with van der Waals surface area (Å²) in [6, 6.07) is 2.53. The molecule has 0 amide bonds. The summed E-state index contributed by atoms with van der Waals surface area (Å²) in [7, 11) is 0. The molecule has 0 N–H and O–H groups in total. The van der Waals surface area contributed by atoms with Gasteiger partial charge in [0, 0.05) is 12.1 Å². The molecule has 0 unspecified atom stereocenters. The zero-order chi connectivity index (χ0) is 11.6. The highest BCUT2D eigenvalue weighted by atomic mass is 19.4. The zero-order valence-corrected chi connectivity index (χ0v) is 7.41. The smallest absolute Gasteiger partial charge is 0.258 e. The van der Waals surface area contributed by atoms with Gasteiger partial charge in [-0.25, -0.2) is 0 Å². The number of alkyl halides is 3. The van der Waals surface area contributed by atoms with E-state index in [1.165, 1.54) is 0 Å². The van der Waals surface area contributed by atoms with Gasteiger partial charge in [-0.3, -0.25) is 10.1 Å². The maximum Gasteiger partial charge on any atom is 0.417 e. The van der Waals surface area contributed by atoms with Crippen LogP contribution in [0.25, 0.3) is 6.08 Å². The lowest BCUT2D eigenvalue weighted by molar-refractivity contribution is -0.385. The quantitative estimate of drug-likeness (QED) is 0.563. The van der Waals surface area contributed by atoms with Crippen LogP contribution in [0.1, 0.15) is 11.1 Å². The molecule has 6 heteroatoms. The van der Waals surface area contributed by atoms with Crippen LogP contribution < -0.4 is 0 Å². The summed E-state index contributed by atoms with van der Waals surface area (Å²) in [6.07, 6.45) is -3.61. The molecule has 0 bridgehead atoms. The number of non-ortho nitro benzene ring substituents is 1. The van der Waals surface area contributed by atoms with Crippen molar-refractivity contribution in [2.75, 3.05) is 0 Å². The summed E-state index contributed by atoms with van der Waals surface area (Å²) in [6.45, 7) is 3.21. The van der Waals surface area contributed by atoms with Crippen LogP contribution >= 0.6 is 0 Å². The van der Waals surface area contributed by atoms with Crippen LogP contribution in [0.15, 0.2) is 24.8 Å². The predicted octanol–water partition coefficient (Wildman–Crippen LogP) is 3.26. The fourth-order valence-electron chi connectivity index (χ4n) is 1.08. The zero-order valence-electron chi connectivity index (χ0n) is 7.41. The summed E-state index contributed by atoms with van der Waals surface area (Å²) in [5, 5.41) is 10.3. The molecule has 0 radical (unpaired) electrons. The van der Waals surface area contributed by atoms with Crippen molar-refractivity contribution in [3.8, 4) is 0 Å². The topological polar surface area (TPSA) is 43.1 Å². The van der Waals surface area contributed by atoms with Crippen LogP contribution in [0.2, 0.25) is 0 Å². The maximum absolute atomic E-state index is 12.4. The Labute approximate surface area is 83.0 Å². The molecule has 0 fully saturated rings. The minimum absolute atomic E-state index is 0.173. The molecule has 0 aliphatic heterocycles. The summed E-state index contributed by atoms with van der Waals surface area (Å²) in [4.78, 5) is 9.42. The Morgan fingerprint density at radius 1 is 1.40 bits per heavy atom. The second-order valence-electron chi connectivity index (χ2n) is 2.73. The molecular weight excluding hydrogens is 211 g/mol. The largest absolute Gasteiger partial charge is 0.417 e. The van der Waals surface area contributed by atoms with E-state index < -0.39 is 22.4 Å². The van der Waals surface area contributed by atoms with Crippen molar-refractivity contribution >= 4 is 11.8 Å². The average molecular weight is 217 g/mol. The van der Waals surface area contributed by atoms with E-state index in [-0.39, 0.29) is 5.56 Å². The van der Waals surface area contributed by atoms with Gasteiger partial charge in [0.05, 0.1) is 10.5 Å². The number of nitro benzene ring substituents is 1. The third kappa shape index (κ3) is 2.34. The number of rotatable bonds is 2. The number of hydrogen-bond acceptors (Lipinski definition) is 2. The van der Waals surface area contributed by atoms with Gasteiger partial charge in [-0.1, -0.05) is 12.7 Å². The molecule has 1 aromatic carbocycles. The molecule has 0 aliphatic rings. The third-order valence-corrected chi connectivity index (χ3v) is 1.77. The van der Waals surface area contributed by atoms with Gasteiger partial charge in [-0.05, 0) is 11.6 Å². The normalized spacial score (nSPS) is 11.1. The van der Waals surface area contributed by atoms with Gasteiger partial charge < -0.3 is 0 Å². The lowest BCUT2D eigenvalue weighted by Crippen LogP contribution is -2.08. The van der Waals surface area contributed by atoms with Crippen LogP contribution in [0.5, 0.6) is 0 Å². The molecule has 0 spiro atoms. The first kappa shape index (κ1) is 11.2. The van der Waals surface area contributed by atoms with Gasteiger partial charge in [-0.2, -0.15) is 13.2 Å². The summed E-state index contributed by atoms with van der Waals surface area (Å²) >= 11 is 0. The lowest BCUT2D eigenvalue weighted by atomic mass is 10.1. The molecule has 1 aromatic rings. The number of benzene rings is 1. The Kier molecular flexibility index (Phi) is 2.78. The molecule has 15 heavy (non-hydrogen) atoms. The van der Waals surface area contributed by atoms with Crippen molar-refractivity contribution in [1.82, 2.24) is 0 Å². The third-order valence-electron chi connectivity index (χ3n) is 1.77. The Morgan fingerprint density at radius 3 is 2.40 bits per heavy atom. The number of nitro groups is 1. The second-order valence-corrected chi connectivity index (χ2v) is 2.73. The van der Waals surface area contributed by atoms with Crippen molar-refractivity contribution in [1.29, 1.82) is 0 Å². The molecule has 80 valence electrons. The van der Waals surface area contributed by atoms with Crippen LogP contribution in [0.3, 0.4) is 0 Å². The number of halogens is 3. The predicted molar refractivity (Wildman–Crippen MR) is 48.2 cm³/mol. The van der Waals surface area contributed by atoms with E-state index in [4.69, 9.17) is 0 Å². The molecular formula is C9H6F3NO2. The number of nitrogens with zero attached hydrogens (tertiary/aromatic N) is 1. The van der Waals surface area contributed by atoms with E-state index in [2.05, 4.69) is 6.58 Å². The van der Waals surface area contributed by atoms with Gasteiger partial charge in [0.2, 0.25) is 0 Å². The standard InChI is InChI=1S/C9H6F3NO2/c1-2-6-3-4-7(13(14)15)5-8(6)9(10,11)12/h2-5H,1H2. The highest BCUT2D eigenvalue weighted by Gasteiger charge is 2.34. The van der Waals surface area contributed by atoms with Gasteiger partial charge in [0.1, 0.15) is 0 Å². The molecule has 0 aromatic heterocycles. The molecule has 0 heterocycles. The SMILES string of the molecule is C=Cc1ccc([N+](=O)[O-])cc1C(F)(F)F.